The second-order valence-corrected chi connectivity index (χ2v) is 6.83. The Morgan fingerprint density at radius 2 is 2.00 bits per heavy atom. The number of rotatable bonds is 5. The predicted octanol–water partition coefficient (Wildman–Crippen LogP) is 1.13. The van der Waals surface area contributed by atoms with E-state index < -0.39 is 10.0 Å². The molecular formula is C13H16N4O4S. The van der Waals surface area contributed by atoms with Gasteiger partial charge in [-0.1, -0.05) is 5.16 Å². The zero-order valence-electron chi connectivity index (χ0n) is 11.8. The van der Waals surface area contributed by atoms with E-state index in [9.17, 15) is 8.42 Å². The maximum atomic E-state index is 12.1. The predicted molar refractivity (Wildman–Crippen MR) is 75.5 cm³/mol. The molecule has 3 rings (SSSR count). The van der Waals surface area contributed by atoms with Crippen LogP contribution >= 0.6 is 0 Å². The third kappa shape index (κ3) is 3.60. The van der Waals surface area contributed by atoms with Crippen LogP contribution in [0.3, 0.4) is 0 Å². The molecule has 2 heterocycles. The minimum absolute atomic E-state index is 0.0352. The molecule has 22 heavy (non-hydrogen) atoms. The van der Waals surface area contributed by atoms with E-state index in [1.165, 1.54) is 6.20 Å². The number of nitrogens with zero attached hydrogens (tertiary/aromatic N) is 3. The van der Waals surface area contributed by atoms with Crippen molar-refractivity contribution in [1.29, 1.82) is 0 Å². The van der Waals surface area contributed by atoms with Crippen LogP contribution in [0.4, 0.5) is 0 Å². The van der Waals surface area contributed by atoms with E-state index in [-0.39, 0.29) is 17.0 Å². The van der Waals surface area contributed by atoms with Gasteiger partial charge in [-0.3, -0.25) is 4.98 Å². The van der Waals surface area contributed by atoms with Crippen molar-refractivity contribution in [1.82, 2.24) is 19.8 Å². The third-order valence-corrected chi connectivity index (χ3v) is 5.01. The second kappa shape index (κ2) is 6.41. The van der Waals surface area contributed by atoms with Gasteiger partial charge in [0.25, 0.3) is 0 Å². The van der Waals surface area contributed by atoms with Gasteiger partial charge >= 0.3 is 0 Å². The highest BCUT2D eigenvalue weighted by Crippen LogP contribution is 2.23. The van der Waals surface area contributed by atoms with Crippen molar-refractivity contribution < 1.29 is 17.7 Å². The molecule has 1 aliphatic rings. The van der Waals surface area contributed by atoms with E-state index in [1.54, 1.807) is 18.6 Å². The van der Waals surface area contributed by atoms with Gasteiger partial charge in [0.05, 0.1) is 12.4 Å². The van der Waals surface area contributed by atoms with Crippen molar-refractivity contribution in [2.24, 2.45) is 0 Å². The van der Waals surface area contributed by atoms with Gasteiger partial charge in [0.15, 0.2) is 0 Å². The summed E-state index contributed by atoms with van der Waals surface area (Å²) in [4.78, 5) is 8.07. The van der Waals surface area contributed by atoms with Gasteiger partial charge < -0.3 is 9.26 Å². The first kappa shape index (κ1) is 14.9. The van der Waals surface area contributed by atoms with Crippen LogP contribution in [0.1, 0.15) is 25.7 Å². The summed E-state index contributed by atoms with van der Waals surface area (Å²) in [6, 6.07) is -0.110. The summed E-state index contributed by atoms with van der Waals surface area (Å²) < 4.78 is 37.1. The Balaban J connectivity index is 1.52. The maximum absolute atomic E-state index is 12.1. The molecule has 0 saturated heterocycles. The number of ether oxygens (including phenoxy) is 1. The van der Waals surface area contributed by atoms with Crippen LogP contribution in [-0.2, 0) is 10.0 Å². The van der Waals surface area contributed by atoms with Crippen molar-refractivity contribution in [2.45, 2.75) is 42.7 Å². The fourth-order valence-corrected chi connectivity index (χ4v) is 3.59. The van der Waals surface area contributed by atoms with Crippen molar-refractivity contribution in [2.75, 3.05) is 0 Å². The molecule has 2 aromatic rings. The first-order valence-corrected chi connectivity index (χ1v) is 8.46. The SMILES string of the molecule is O=S(=O)(NC1CCC(Oc2cnccn2)CC1)c1cnoc1. The Hall–Kier alpha value is -2.00. The number of aromatic nitrogens is 3. The standard InChI is InChI=1S/C13H16N4O4S/c18-22(19,12-7-16-20-9-12)17-10-1-3-11(4-2-10)21-13-8-14-5-6-15-13/h5-11,17H,1-4H2. The van der Waals surface area contributed by atoms with Gasteiger partial charge in [0.1, 0.15) is 17.3 Å². The molecule has 9 heteroatoms. The molecule has 0 aliphatic heterocycles. The van der Waals surface area contributed by atoms with Gasteiger partial charge in [-0.2, -0.15) is 0 Å². The molecule has 0 radical (unpaired) electrons. The Morgan fingerprint density at radius 1 is 1.18 bits per heavy atom. The molecular weight excluding hydrogens is 308 g/mol. The van der Waals surface area contributed by atoms with Crippen LogP contribution in [-0.4, -0.2) is 35.7 Å². The highest BCUT2D eigenvalue weighted by Gasteiger charge is 2.27. The summed E-state index contributed by atoms with van der Waals surface area (Å²) in [5.74, 6) is 0.496. The fraction of sp³-hybridized carbons (Fsp3) is 0.462. The van der Waals surface area contributed by atoms with Gasteiger partial charge in [-0.15, -0.1) is 0 Å². The van der Waals surface area contributed by atoms with Gasteiger partial charge in [0.2, 0.25) is 15.9 Å². The summed E-state index contributed by atoms with van der Waals surface area (Å²) in [6.07, 6.45) is 9.99. The van der Waals surface area contributed by atoms with E-state index in [2.05, 4.69) is 24.4 Å². The summed E-state index contributed by atoms with van der Waals surface area (Å²) in [7, 11) is -3.56. The Kier molecular flexibility index (Phi) is 4.34. The Bertz CT molecular complexity index is 682. The van der Waals surface area contributed by atoms with Crippen LogP contribution < -0.4 is 9.46 Å². The first-order chi connectivity index (χ1) is 10.6. The van der Waals surface area contributed by atoms with E-state index in [4.69, 9.17) is 4.74 Å². The lowest BCUT2D eigenvalue weighted by Crippen LogP contribution is -2.39. The monoisotopic (exact) mass is 324 g/mol. The fourth-order valence-electron chi connectivity index (χ4n) is 2.43. The summed E-state index contributed by atoms with van der Waals surface area (Å²) in [5, 5.41) is 3.41. The molecule has 0 bridgehead atoms. The lowest BCUT2D eigenvalue weighted by molar-refractivity contribution is 0.138. The molecule has 1 aliphatic carbocycles. The third-order valence-electron chi connectivity index (χ3n) is 3.54. The van der Waals surface area contributed by atoms with Crippen LogP contribution in [0, 0.1) is 0 Å². The molecule has 0 spiro atoms. The molecule has 0 unspecified atom stereocenters. The van der Waals surface area contributed by atoms with E-state index in [0.29, 0.717) is 18.7 Å². The van der Waals surface area contributed by atoms with E-state index in [0.717, 1.165) is 19.1 Å². The van der Waals surface area contributed by atoms with Crippen molar-refractivity contribution in [3.63, 3.8) is 0 Å². The molecule has 0 amide bonds. The van der Waals surface area contributed by atoms with E-state index in [1.807, 2.05) is 0 Å². The molecule has 0 atom stereocenters. The van der Waals surface area contributed by atoms with Crippen molar-refractivity contribution in [3.05, 3.63) is 31.1 Å². The Morgan fingerprint density at radius 3 is 2.64 bits per heavy atom. The van der Waals surface area contributed by atoms with Crippen LogP contribution in [0.5, 0.6) is 5.88 Å². The lowest BCUT2D eigenvalue weighted by Gasteiger charge is -2.28. The molecule has 8 nitrogen and oxygen atoms in total. The minimum atomic E-state index is -3.56. The number of hydrogen-bond acceptors (Lipinski definition) is 7. The molecule has 118 valence electrons. The maximum Gasteiger partial charge on any atom is 0.245 e. The summed E-state index contributed by atoms with van der Waals surface area (Å²) in [6.45, 7) is 0. The minimum Gasteiger partial charge on any atom is -0.473 e. The second-order valence-electron chi connectivity index (χ2n) is 5.12. The topological polar surface area (TPSA) is 107 Å². The van der Waals surface area contributed by atoms with Crippen LogP contribution in [0.25, 0.3) is 0 Å². The number of nitrogens with one attached hydrogen (secondary N) is 1. The van der Waals surface area contributed by atoms with Gasteiger partial charge in [0, 0.05) is 18.4 Å². The Labute approximate surface area is 128 Å². The number of sulfonamides is 1. The van der Waals surface area contributed by atoms with Crippen molar-refractivity contribution >= 4 is 10.0 Å². The summed E-state index contributed by atoms with van der Waals surface area (Å²) >= 11 is 0. The molecule has 2 aromatic heterocycles. The smallest absolute Gasteiger partial charge is 0.245 e. The highest BCUT2D eigenvalue weighted by atomic mass is 32.2. The lowest BCUT2D eigenvalue weighted by atomic mass is 9.94. The van der Waals surface area contributed by atoms with E-state index >= 15 is 0 Å². The first-order valence-electron chi connectivity index (χ1n) is 6.98. The molecule has 1 saturated carbocycles. The van der Waals surface area contributed by atoms with Crippen LogP contribution in [0.2, 0.25) is 0 Å². The molecule has 0 aromatic carbocycles. The zero-order chi connectivity index (χ0) is 15.4. The quantitative estimate of drug-likeness (QED) is 0.878. The van der Waals surface area contributed by atoms with Gasteiger partial charge in [-0.05, 0) is 25.7 Å². The molecule has 1 fully saturated rings. The zero-order valence-corrected chi connectivity index (χ0v) is 12.6. The molecule has 1 N–H and O–H groups in total. The largest absolute Gasteiger partial charge is 0.473 e. The summed E-state index contributed by atoms with van der Waals surface area (Å²) in [5.41, 5.74) is 0. The average molecular weight is 324 g/mol. The normalized spacial score (nSPS) is 22.4. The van der Waals surface area contributed by atoms with Gasteiger partial charge in [-0.25, -0.2) is 18.1 Å². The van der Waals surface area contributed by atoms with Crippen molar-refractivity contribution in [3.8, 4) is 5.88 Å². The number of hydrogen-bond donors (Lipinski definition) is 1. The average Bonchev–Trinajstić information content (AvgIpc) is 3.05. The van der Waals surface area contributed by atoms with Crippen LogP contribution in [0.15, 0.2) is 40.5 Å². The highest BCUT2D eigenvalue weighted by molar-refractivity contribution is 7.89.